The Labute approximate surface area is 290 Å². The van der Waals surface area contributed by atoms with E-state index in [2.05, 4.69) is 33.7 Å². The minimum atomic E-state index is 0.698. The fraction of sp³-hybridized carbons (Fsp3) is 0.0270. The molecule has 0 fully saturated rings. The molecule has 12 aromatic rings. The molecule has 0 amide bonds. The summed E-state index contributed by atoms with van der Waals surface area (Å²) in [6.45, 7) is 0. The molecule has 0 aliphatic rings. The van der Waals surface area contributed by atoms with Crippen LogP contribution in [0.2, 0.25) is 0 Å². The highest BCUT2D eigenvalue weighted by Gasteiger charge is 2.25. The van der Waals surface area contributed by atoms with Crippen molar-refractivity contribution in [3.8, 4) is 0 Å². The Hall–Kier alpha value is -5.40. The Morgan fingerprint density at radius 1 is 0.347 bits per heavy atom. The van der Waals surface area contributed by atoms with Gasteiger partial charge in [-0.15, -0.1) is 45.3 Å². The highest BCUT2D eigenvalue weighted by Crippen LogP contribution is 2.49. The highest BCUT2D eigenvalue weighted by atomic mass is 32.1. The number of nitrogens with zero attached hydrogens (tertiary/aromatic N) is 8. The largest absolute Gasteiger partial charge is 0.252 e. The molecular weight excluding hydrogens is 685 g/mol. The summed E-state index contributed by atoms with van der Waals surface area (Å²) in [6.07, 6.45) is 15.0. The first-order valence-electron chi connectivity index (χ1n) is 15.5. The van der Waals surface area contributed by atoms with E-state index in [0.29, 0.717) is 6.42 Å². The average molecular weight is 701 g/mol. The molecule has 0 spiro atoms. The summed E-state index contributed by atoms with van der Waals surface area (Å²) in [5, 5.41) is 17.7. The van der Waals surface area contributed by atoms with Gasteiger partial charge in [0.1, 0.15) is 0 Å². The summed E-state index contributed by atoms with van der Waals surface area (Å²) in [5.74, 6) is 0. The van der Waals surface area contributed by atoms with E-state index in [1.807, 2.05) is 0 Å². The maximum absolute atomic E-state index is 4.98. The highest BCUT2D eigenvalue weighted by molar-refractivity contribution is 7.21. The van der Waals surface area contributed by atoms with Crippen LogP contribution in [0.15, 0.2) is 83.2 Å². The molecule has 0 N–H and O–H groups in total. The quantitative estimate of drug-likeness (QED) is 0.164. The second-order valence-corrected chi connectivity index (χ2v) is 15.5. The van der Waals surface area contributed by atoms with Crippen LogP contribution in [0.1, 0.15) is 11.1 Å². The third kappa shape index (κ3) is 3.36. The first-order chi connectivity index (χ1) is 24.3. The molecule has 0 saturated heterocycles. The zero-order valence-electron chi connectivity index (χ0n) is 25.0. The SMILES string of the molecule is c1cnc2c(n1)c1ccsc1c1c3nccnc3c3c(Cc4csc5c4c4nccnc4c4c6sccc6c6nccnc6c54)csc3c21. The Morgan fingerprint density at radius 3 is 1.08 bits per heavy atom. The van der Waals surface area contributed by atoms with Gasteiger partial charge in [-0.3, -0.25) is 39.9 Å². The Kier molecular flexibility index (Phi) is 5.20. The molecule has 0 aliphatic heterocycles. The molecule has 0 unspecified atom stereocenters. The van der Waals surface area contributed by atoms with Gasteiger partial charge < -0.3 is 0 Å². The van der Waals surface area contributed by atoms with Crippen LogP contribution in [-0.2, 0) is 6.42 Å². The summed E-state index contributed by atoms with van der Waals surface area (Å²) >= 11 is 6.94. The lowest BCUT2D eigenvalue weighted by Gasteiger charge is -2.12. The molecule has 0 bridgehead atoms. The minimum absolute atomic E-state index is 0.698. The van der Waals surface area contributed by atoms with Gasteiger partial charge in [-0.25, -0.2) is 0 Å². The van der Waals surface area contributed by atoms with Crippen molar-refractivity contribution in [3.05, 3.63) is 94.4 Å². The van der Waals surface area contributed by atoms with Gasteiger partial charge in [-0.1, -0.05) is 0 Å². The number of hydrogen-bond acceptors (Lipinski definition) is 12. The van der Waals surface area contributed by atoms with E-state index in [0.717, 1.165) is 96.6 Å². The molecular formula is C37H16N8S4. The molecule has 8 heterocycles. The van der Waals surface area contributed by atoms with Crippen molar-refractivity contribution in [2.24, 2.45) is 0 Å². The lowest BCUT2D eigenvalue weighted by Crippen LogP contribution is -1.94. The molecule has 8 nitrogen and oxygen atoms in total. The van der Waals surface area contributed by atoms with E-state index >= 15 is 0 Å². The van der Waals surface area contributed by atoms with E-state index < -0.39 is 0 Å². The summed E-state index contributed by atoms with van der Waals surface area (Å²) in [4.78, 5) is 39.3. The molecule has 0 atom stereocenters. The van der Waals surface area contributed by atoms with Crippen LogP contribution >= 0.6 is 45.3 Å². The molecule has 4 aromatic carbocycles. The summed E-state index contributed by atoms with van der Waals surface area (Å²) in [7, 11) is 0. The van der Waals surface area contributed by atoms with E-state index in [9.17, 15) is 0 Å². The Morgan fingerprint density at radius 2 is 0.673 bits per heavy atom. The van der Waals surface area contributed by atoms with Crippen LogP contribution in [0.5, 0.6) is 0 Å². The number of rotatable bonds is 2. The zero-order valence-corrected chi connectivity index (χ0v) is 28.3. The number of thiophene rings is 4. The maximum Gasteiger partial charge on any atom is 0.0987 e. The zero-order chi connectivity index (χ0) is 31.8. The summed E-state index contributed by atoms with van der Waals surface area (Å²) < 4.78 is 4.66. The molecule has 228 valence electrons. The second-order valence-electron chi connectivity index (χ2n) is 11.9. The molecule has 49 heavy (non-hydrogen) atoms. The summed E-state index contributed by atoms with van der Waals surface area (Å²) in [5.41, 5.74) is 9.65. The number of fused-ring (bicyclic) bond motifs is 22. The molecule has 12 heteroatoms. The van der Waals surface area contributed by atoms with Crippen LogP contribution in [0.3, 0.4) is 0 Å². The fourth-order valence-electron chi connectivity index (χ4n) is 7.72. The second kappa shape index (κ2) is 9.61. The molecule has 0 radical (unpaired) electrons. The monoisotopic (exact) mass is 700 g/mol. The smallest absolute Gasteiger partial charge is 0.0987 e. The number of benzene rings is 4. The molecule has 8 aromatic heterocycles. The fourth-order valence-corrected chi connectivity index (χ4v) is 11.9. The predicted molar refractivity (Wildman–Crippen MR) is 205 cm³/mol. The van der Waals surface area contributed by atoms with Crippen molar-refractivity contribution < 1.29 is 0 Å². The third-order valence-electron chi connectivity index (χ3n) is 9.58. The lowest BCUT2D eigenvalue weighted by atomic mass is 9.96. The first kappa shape index (κ1) is 26.5. The van der Waals surface area contributed by atoms with Crippen LogP contribution in [0, 0.1) is 0 Å². The molecule has 0 aliphatic carbocycles. The normalized spacial score (nSPS) is 12.6. The third-order valence-corrected chi connectivity index (χ3v) is 13.5. The van der Waals surface area contributed by atoms with Gasteiger partial charge in [0.15, 0.2) is 0 Å². The van der Waals surface area contributed by atoms with Gasteiger partial charge in [-0.2, -0.15) is 0 Å². The van der Waals surface area contributed by atoms with Crippen LogP contribution < -0.4 is 0 Å². The molecule has 0 saturated carbocycles. The van der Waals surface area contributed by atoms with Gasteiger partial charge in [-0.05, 0) is 44.8 Å². The van der Waals surface area contributed by atoms with Gasteiger partial charge in [0.2, 0.25) is 0 Å². The van der Waals surface area contributed by atoms with E-state index in [1.54, 1.807) is 94.9 Å². The van der Waals surface area contributed by atoms with Crippen molar-refractivity contribution >= 4 is 151 Å². The van der Waals surface area contributed by atoms with Crippen molar-refractivity contribution in [2.45, 2.75) is 6.42 Å². The van der Waals surface area contributed by atoms with Gasteiger partial charge in [0.25, 0.3) is 0 Å². The number of aromatic nitrogens is 8. The van der Waals surface area contributed by atoms with Crippen molar-refractivity contribution in [2.75, 3.05) is 0 Å². The van der Waals surface area contributed by atoms with E-state index in [4.69, 9.17) is 39.9 Å². The minimum Gasteiger partial charge on any atom is -0.252 e. The first-order valence-corrected chi connectivity index (χ1v) is 19.0. The Balaban J connectivity index is 1.20. The van der Waals surface area contributed by atoms with Gasteiger partial charge in [0.05, 0.1) is 44.1 Å². The van der Waals surface area contributed by atoms with Crippen molar-refractivity contribution in [3.63, 3.8) is 0 Å². The van der Waals surface area contributed by atoms with E-state index in [-0.39, 0.29) is 0 Å². The van der Waals surface area contributed by atoms with Crippen LogP contribution in [0.4, 0.5) is 0 Å². The topological polar surface area (TPSA) is 103 Å². The Bertz CT molecular complexity index is 3170. The van der Waals surface area contributed by atoms with Crippen molar-refractivity contribution in [1.82, 2.24) is 39.9 Å². The van der Waals surface area contributed by atoms with Crippen LogP contribution in [-0.4, -0.2) is 39.9 Å². The lowest BCUT2D eigenvalue weighted by molar-refractivity contribution is 1.25. The summed E-state index contributed by atoms with van der Waals surface area (Å²) in [6, 6.07) is 4.28. The number of hydrogen-bond donors (Lipinski definition) is 0. The average Bonchev–Trinajstić information content (AvgIpc) is 3.98. The van der Waals surface area contributed by atoms with E-state index in [1.165, 1.54) is 20.5 Å². The van der Waals surface area contributed by atoms with Crippen molar-refractivity contribution in [1.29, 1.82) is 0 Å². The van der Waals surface area contributed by atoms with Gasteiger partial charge in [0, 0.05) is 118 Å². The standard InChI is InChI=1S/C37H16N8S4/c1-11-46-34-18(1)26-30(42-5-3-38-26)24-22(34)32-28(40-7-9-44-32)20-16(14-48-36(20)24)13-17-15-49-37-21(17)29-33(45-10-8-41-29)23-25(37)31-27(39-4-6-43-31)19-2-12-47-35(19)23/h1-12,14-15H,13H2. The van der Waals surface area contributed by atoms with Crippen LogP contribution in [0.25, 0.3) is 106 Å². The predicted octanol–water partition coefficient (Wildman–Crippen LogP) is 10.2. The van der Waals surface area contributed by atoms with Gasteiger partial charge >= 0.3 is 0 Å². The maximum atomic E-state index is 4.98. The molecule has 12 rings (SSSR count).